The normalized spacial score (nSPS) is 12.4. The van der Waals surface area contributed by atoms with Gasteiger partial charge in [0.1, 0.15) is 17.6 Å². The van der Waals surface area contributed by atoms with E-state index in [-0.39, 0.29) is 23.8 Å². The summed E-state index contributed by atoms with van der Waals surface area (Å²) in [5.74, 6) is -0.793. The largest absolute Gasteiger partial charge is 0.433 e. The molecule has 0 aromatic carbocycles. The number of halogens is 3. The maximum absolute atomic E-state index is 12.7. The van der Waals surface area contributed by atoms with Crippen LogP contribution >= 0.6 is 0 Å². The molecule has 1 N–H and O–H groups in total. The smallest absolute Gasteiger partial charge is 0.359 e. The van der Waals surface area contributed by atoms with E-state index in [0.29, 0.717) is 0 Å². The van der Waals surface area contributed by atoms with Gasteiger partial charge in [0.15, 0.2) is 0 Å². The first-order valence-corrected chi connectivity index (χ1v) is 6.11. The molecule has 1 atom stereocenters. The molecule has 0 saturated heterocycles. The standard InChI is InChI=1S/C13H15F3N4O/c1-8(12(21)18-2)7-20(3)11-9(6-17)4-5-10(19-11)13(14,15)16/h4-5,8H,7H2,1-3H3,(H,18,21). The number of carbonyl (C=O) groups excluding carboxylic acids is 1. The van der Waals surface area contributed by atoms with Gasteiger partial charge in [-0.05, 0) is 12.1 Å². The zero-order valence-corrected chi connectivity index (χ0v) is 11.8. The van der Waals surface area contributed by atoms with Crippen LogP contribution in [0.4, 0.5) is 19.0 Å². The summed E-state index contributed by atoms with van der Waals surface area (Å²) in [6, 6.07) is 3.64. The summed E-state index contributed by atoms with van der Waals surface area (Å²) >= 11 is 0. The third-order valence-corrected chi connectivity index (χ3v) is 2.89. The summed E-state index contributed by atoms with van der Waals surface area (Å²) < 4.78 is 38.1. The Balaban J connectivity index is 3.10. The lowest BCUT2D eigenvalue weighted by atomic mass is 10.1. The fourth-order valence-corrected chi connectivity index (χ4v) is 1.81. The summed E-state index contributed by atoms with van der Waals surface area (Å²) in [6.07, 6.45) is -4.59. The van der Waals surface area contributed by atoms with Crippen LogP contribution in [0.2, 0.25) is 0 Å². The first-order valence-electron chi connectivity index (χ1n) is 6.11. The third kappa shape index (κ3) is 4.08. The van der Waals surface area contributed by atoms with Crippen LogP contribution in [0, 0.1) is 17.2 Å². The van der Waals surface area contributed by atoms with Gasteiger partial charge in [-0.15, -0.1) is 0 Å². The van der Waals surface area contributed by atoms with E-state index in [1.54, 1.807) is 13.0 Å². The number of rotatable bonds is 4. The van der Waals surface area contributed by atoms with Gasteiger partial charge in [0.05, 0.1) is 11.5 Å². The molecule has 1 aromatic rings. The predicted molar refractivity (Wildman–Crippen MR) is 70.5 cm³/mol. The minimum Gasteiger partial charge on any atom is -0.359 e. The van der Waals surface area contributed by atoms with E-state index in [0.717, 1.165) is 12.1 Å². The monoisotopic (exact) mass is 300 g/mol. The van der Waals surface area contributed by atoms with Crippen LogP contribution in [-0.4, -0.2) is 31.5 Å². The van der Waals surface area contributed by atoms with Crippen molar-refractivity contribution in [2.24, 2.45) is 5.92 Å². The Hall–Kier alpha value is -2.30. The summed E-state index contributed by atoms with van der Waals surface area (Å²) in [6.45, 7) is 1.78. The number of nitrogens with one attached hydrogen (secondary N) is 1. The van der Waals surface area contributed by atoms with Crippen molar-refractivity contribution in [3.63, 3.8) is 0 Å². The lowest BCUT2D eigenvalue weighted by Crippen LogP contribution is -2.35. The molecule has 0 bridgehead atoms. The van der Waals surface area contributed by atoms with Crippen molar-refractivity contribution in [3.05, 3.63) is 23.4 Å². The fraction of sp³-hybridized carbons (Fsp3) is 0.462. The highest BCUT2D eigenvalue weighted by atomic mass is 19.4. The van der Waals surface area contributed by atoms with Gasteiger partial charge < -0.3 is 10.2 Å². The summed E-state index contributed by atoms with van der Waals surface area (Å²) in [5.41, 5.74) is -1.05. The van der Waals surface area contributed by atoms with Crippen molar-refractivity contribution >= 4 is 11.7 Å². The molecule has 0 fully saturated rings. The number of hydrogen-bond acceptors (Lipinski definition) is 4. The molecule has 1 unspecified atom stereocenters. The maximum atomic E-state index is 12.7. The quantitative estimate of drug-likeness (QED) is 0.920. The van der Waals surface area contributed by atoms with Gasteiger partial charge in [-0.1, -0.05) is 6.92 Å². The molecule has 0 aliphatic rings. The molecule has 0 aliphatic carbocycles. The lowest BCUT2D eigenvalue weighted by Gasteiger charge is -2.23. The number of pyridine rings is 1. The zero-order valence-electron chi connectivity index (χ0n) is 11.8. The van der Waals surface area contributed by atoms with Crippen molar-refractivity contribution in [1.82, 2.24) is 10.3 Å². The molecule has 5 nitrogen and oxygen atoms in total. The number of amides is 1. The average Bonchev–Trinajstić information content (AvgIpc) is 2.44. The molecule has 8 heteroatoms. The van der Waals surface area contributed by atoms with Gasteiger partial charge in [-0.3, -0.25) is 4.79 Å². The highest BCUT2D eigenvalue weighted by Gasteiger charge is 2.33. The van der Waals surface area contributed by atoms with E-state index in [2.05, 4.69) is 10.3 Å². The highest BCUT2D eigenvalue weighted by molar-refractivity contribution is 5.78. The molecule has 1 rings (SSSR count). The Bertz CT molecular complexity index is 566. The number of nitrogens with zero attached hydrogens (tertiary/aromatic N) is 3. The van der Waals surface area contributed by atoms with Crippen LogP contribution in [0.15, 0.2) is 12.1 Å². The van der Waals surface area contributed by atoms with Crippen LogP contribution in [0.25, 0.3) is 0 Å². The lowest BCUT2D eigenvalue weighted by molar-refractivity contribution is -0.141. The highest BCUT2D eigenvalue weighted by Crippen LogP contribution is 2.30. The Morgan fingerprint density at radius 3 is 2.62 bits per heavy atom. The van der Waals surface area contributed by atoms with Crippen molar-refractivity contribution < 1.29 is 18.0 Å². The number of aromatic nitrogens is 1. The SMILES string of the molecule is CNC(=O)C(C)CN(C)c1nc(C(F)(F)F)ccc1C#N. The van der Waals surface area contributed by atoms with Crippen molar-refractivity contribution in [1.29, 1.82) is 5.26 Å². The molecule has 21 heavy (non-hydrogen) atoms. The van der Waals surface area contributed by atoms with Gasteiger partial charge in [-0.2, -0.15) is 18.4 Å². The zero-order chi connectivity index (χ0) is 16.2. The second-order valence-electron chi connectivity index (χ2n) is 4.57. The van der Waals surface area contributed by atoms with E-state index in [1.807, 2.05) is 0 Å². The molecule has 1 aromatic heterocycles. The van der Waals surface area contributed by atoms with Gasteiger partial charge >= 0.3 is 6.18 Å². The molecular weight excluding hydrogens is 285 g/mol. The fourth-order valence-electron chi connectivity index (χ4n) is 1.81. The third-order valence-electron chi connectivity index (χ3n) is 2.89. The Kier molecular flexibility index (Phi) is 5.13. The van der Waals surface area contributed by atoms with Gasteiger partial charge in [0, 0.05) is 20.6 Å². The van der Waals surface area contributed by atoms with E-state index >= 15 is 0 Å². The minimum atomic E-state index is -4.59. The average molecular weight is 300 g/mol. The van der Waals surface area contributed by atoms with Crippen molar-refractivity contribution in [2.75, 3.05) is 25.5 Å². The number of anilines is 1. The minimum absolute atomic E-state index is 0.0228. The molecule has 0 saturated carbocycles. The van der Waals surface area contributed by atoms with E-state index in [9.17, 15) is 18.0 Å². The van der Waals surface area contributed by atoms with Crippen LogP contribution in [0.5, 0.6) is 0 Å². The number of carbonyl (C=O) groups is 1. The summed E-state index contributed by atoms with van der Waals surface area (Å²) in [5, 5.41) is 11.4. The van der Waals surface area contributed by atoms with Gasteiger partial charge in [0.25, 0.3) is 0 Å². The molecule has 0 aliphatic heterocycles. The Morgan fingerprint density at radius 1 is 1.52 bits per heavy atom. The molecular formula is C13H15F3N4O. The molecule has 0 spiro atoms. The van der Waals surface area contributed by atoms with Crippen molar-refractivity contribution in [3.8, 4) is 6.07 Å². The Morgan fingerprint density at radius 2 is 2.14 bits per heavy atom. The summed E-state index contributed by atoms with van der Waals surface area (Å²) in [7, 11) is 2.96. The second-order valence-corrected chi connectivity index (χ2v) is 4.57. The van der Waals surface area contributed by atoms with E-state index in [1.165, 1.54) is 19.0 Å². The van der Waals surface area contributed by atoms with Crippen molar-refractivity contribution in [2.45, 2.75) is 13.1 Å². The second kappa shape index (κ2) is 6.43. The van der Waals surface area contributed by atoms with E-state index < -0.39 is 17.8 Å². The predicted octanol–water partition coefficient (Wildman–Crippen LogP) is 1.79. The van der Waals surface area contributed by atoms with Gasteiger partial charge in [-0.25, -0.2) is 4.98 Å². The first kappa shape index (κ1) is 16.8. The number of nitriles is 1. The molecule has 0 radical (unpaired) electrons. The van der Waals surface area contributed by atoms with E-state index in [4.69, 9.17) is 5.26 Å². The number of hydrogen-bond donors (Lipinski definition) is 1. The van der Waals surface area contributed by atoms with Crippen LogP contribution in [0.3, 0.4) is 0 Å². The topological polar surface area (TPSA) is 69.0 Å². The summed E-state index contributed by atoms with van der Waals surface area (Å²) in [4.78, 5) is 16.3. The van der Waals surface area contributed by atoms with Crippen LogP contribution in [-0.2, 0) is 11.0 Å². The number of alkyl halides is 3. The maximum Gasteiger partial charge on any atom is 0.433 e. The Labute approximate surface area is 120 Å². The first-order chi connectivity index (χ1) is 9.70. The van der Waals surface area contributed by atoms with Crippen LogP contribution in [0.1, 0.15) is 18.2 Å². The molecule has 1 heterocycles. The van der Waals surface area contributed by atoms with Gasteiger partial charge in [0.2, 0.25) is 5.91 Å². The molecule has 114 valence electrons. The van der Waals surface area contributed by atoms with Crippen LogP contribution < -0.4 is 10.2 Å². The molecule has 1 amide bonds.